The van der Waals surface area contributed by atoms with Crippen LogP contribution in [0.15, 0.2) is 42.5 Å². The standard InChI is InChI=1S/C20H23ClNO2/c1-13(23-3)22(2)11-17-15-6-4-5-7-19(15)24-20-9-8-14(21)10-16(20)18(17)12-22/h4-10,13,17-18H,11-12H2,1-3H3/q+1. The molecule has 4 unspecified atom stereocenters. The van der Waals surface area contributed by atoms with Crippen molar-refractivity contribution < 1.29 is 14.0 Å². The fraction of sp³-hybridized carbons (Fsp3) is 0.400. The summed E-state index contributed by atoms with van der Waals surface area (Å²) in [6, 6.07) is 14.4. The second-order valence-electron chi connectivity index (χ2n) is 7.21. The van der Waals surface area contributed by atoms with Gasteiger partial charge in [0, 0.05) is 42.0 Å². The third-order valence-corrected chi connectivity index (χ3v) is 6.08. The summed E-state index contributed by atoms with van der Waals surface area (Å²) in [5.41, 5.74) is 2.51. The van der Waals surface area contributed by atoms with Gasteiger partial charge in [0.15, 0.2) is 6.23 Å². The molecule has 3 nitrogen and oxygen atoms in total. The Labute approximate surface area is 148 Å². The highest BCUT2D eigenvalue weighted by Gasteiger charge is 2.49. The lowest BCUT2D eigenvalue weighted by Crippen LogP contribution is -2.50. The number of likely N-dealkylation sites (N-methyl/N-ethyl adjacent to an activating group) is 1. The van der Waals surface area contributed by atoms with Crippen molar-refractivity contribution in [2.45, 2.75) is 25.0 Å². The molecule has 0 aliphatic carbocycles. The van der Waals surface area contributed by atoms with E-state index in [0.29, 0.717) is 11.8 Å². The molecule has 4 atom stereocenters. The van der Waals surface area contributed by atoms with Crippen molar-refractivity contribution in [3.63, 3.8) is 0 Å². The first kappa shape index (κ1) is 15.9. The molecule has 24 heavy (non-hydrogen) atoms. The summed E-state index contributed by atoms with van der Waals surface area (Å²) in [4.78, 5) is 0. The first-order chi connectivity index (χ1) is 11.5. The normalized spacial score (nSPS) is 29.0. The van der Waals surface area contributed by atoms with E-state index in [1.54, 1.807) is 7.11 Å². The highest BCUT2D eigenvalue weighted by molar-refractivity contribution is 6.30. The van der Waals surface area contributed by atoms with Gasteiger partial charge in [-0.1, -0.05) is 29.8 Å². The molecule has 0 amide bonds. The smallest absolute Gasteiger partial charge is 0.189 e. The van der Waals surface area contributed by atoms with E-state index in [-0.39, 0.29) is 6.23 Å². The predicted octanol–water partition coefficient (Wildman–Crippen LogP) is 4.77. The molecule has 0 spiro atoms. The summed E-state index contributed by atoms with van der Waals surface area (Å²) < 4.78 is 12.8. The molecule has 0 aromatic heterocycles. The Hall–Kier alpha value is -1.55. The summed E-state index contributed by atoms with van der Waals surface area (Å²) in [5, 5.41) is 0.767. The third kappa shape index (κ3) is 2.43. The molecule has 2 aliphatic heterocycles. The molecule has 4 heteroatoms. The van der Waals surface area contributed by atoms with Crippen molar-refractivity contribution in [3.05, 3.63) is 58.6 Å². The van der Waals surface area contributed by atoms with E-state index in [9.17, 15) is 0 Å². The van der Waals surface area contributed by atoms with Gasteiger partial charge in [0.05, 0.1) is 20.1 Å². The maximum absolute atomic E-state index is 6.31. The molecule has 0 radical (unpaired) electrons. The van der Waals surface area contributed by atoms with Crippen LogP contribution < -0.4 is 4.74 Å². The van der Waals surface area contributed by atoms with Crippen molar-refractivity contribution in [1.29, 1.82) is 0 Å². The number of rotatable bonds is 2. The second-order valence-corrected chi connectivity index (χ2v) is 7.65. The highest BCUT2D eigenvalue weighted by atomic mass is 35.5. The summed E-state index contributed by atoms with van der Waals surface area (Å²) >= 11 is 6.31. The van der Waals surface area contributed by atoms with Crippen molar-refractivity contribution >= 4 is 11.6 Å². The maximum Gasteiger partial charge on any atom is 0.189 e. The van der Waals surface area contributed by atoms with Gasteiger partial charge in [-0.25, -0.2) is 0 Å². The van der Waals surface area contributed by atoms with Crippen molar-refractivity contribution in [1.82, 2.24) is 0 Å². The van der Waals surface area contributed by atoms with Crippen LogP contribution in [-0.4, -0.2) is 38.0 Å². The van der Waals surface area contributed by atoms with E-state index < -0.39 is 0 Å². The molecule has 2 aromatic carbocycles. The monoisotopic (exact) mass is 344 g/mol. The molecule has 0 bridgehead atoms. The highest BCUT2D eigenvalue weighted by Crippen LogP contribution is 2.52. The van der Waals surface area contributed by atoms with E-state index in [0.717, 1.165) is 34.1 Å². The number of methoxy groups -OCH3 is 1. The zero-order valence-electron chi connectivity index (χ0n) is 14.3. The third-order valence-electron chi connectivity index (χ3n) is 5.84. The van der Waals surface area contributed by atoms with E-state index in [1.165, 1.54) is 11.1 Å². The molecule has 1 fully saturated rings. The van der Waals surface area contributed by atoms with Crippen LogP contribution in [0.4, 0.5) is 0 Å². The molecular weight excluding hydrogens is 322 g/mol. The largest absolute Gasteiger partial charge is 0.457 e. The number of ether oxygens (including phenoxy) is 2. The van der Waals surface area contributed by atoms with Gasteiger partial charge < -0.3 is 14.0 Å². The zero-order valence-corrected chi connectivity index (χ0v) is 15.1. The number of quaternary nitrogens is 1. The number of hydrogen-bond acceptors (Lipinski definition) is 2. The van der Waals surface area contributed by atoms with Gasteiger partial charge >= 0.3 is 0 Å². The summed E-state index contributed by atoms with van der Waals surface area (Å²) in [7, 11) is 4.08. The molecule has 2 aliphatic rings. The number of halogens is 1. The number of hydrogen-bond donors (Lipinski definition) is 0. The minimum absolute atomic E-state index is 0.160. The lowest BCUT2D eigenvalue weighted by molar-refractivity contribution is -0.942. The predicted molar refractivity (Wildman–Crippen MR) is 95.8 cm³/mol. The van der Waals surface area contributed by atoms with Crippen LogP contribution in [0.25, 0.3) is 0 Å². The fourth-order valence-corrected chi connectivity index (χ4v) is 4.49. The van der Waals surface area contributed by atoms with E-state index in [4.69, 9.17) is 21.1 Å². The van der Waals surface area contributed by atoms with Gasteiger partial charge in [-0.2, -0.15) is 0 Å². The fourth-order valence-electron chi connectivity index (χ4n) is 4.31. The molecule has 2 heterocycles. The van der Waals surface area contributed by atoms with Crippen LogP contribution in [0.1, 0.15) is 29.9 Å². The zero-order chi connectivity index (χ0) is 16.9. The molecule has 0 saturated carbocycles. The second kappa shape index (κ2) is 5.76. The Bertz CT molecular complexity index is 778. The Kier molecular flexibility index (Phi) is 3.83. The van der Waals surface area contributed by atoms with Crippen LogP contribution in [0.3, 0.4) is 0 Å². The molecule has 1 saturated heterocycles. The minimum atomic E-state index is 0.160. The van der Waals surface area contributed by atoms with Crippen molar-refractivity contribution in [3.8, 4) is 11.5 Å². The van der Waals surface area contributed by atoms with E-state index >= 15 is 0 Å². The van der Waals surface area contributed by atoms with Crippen LogP contribution in [-0.2, 0) is 4.74 Å². The Morgan fingerprint density at radius 1 is 1.08 bits per heavy atom. The maximum atomic E-state index is 6.31. The number of likely N-dealkylation sites (tertiary alicyclic amines) is 1. The number of fused-ring (bicyclic) bond motifs is 5. The summed E-state index contributed by atoms with van der Waals surface area (Å²) in [6.07, 6.45) is 0.160. The SMILES string of the molecule is COC(C)[N+]1(C)CC2c3ccccc3Oc3ccc(Cl)cc3C2C1. The molecule has 4 rings (SSSR count). The van der Waals surface area contributed by atoms with Crippen LogP contribution in [0.2, 0.25) is 5.02 Å². The first-order valence-corrected chi connectivity index (χ1v) is 8.83. The van der Waals surface area contributed by atoms with Gasteiger partial charge in [-0.3, -0.25) is 0 Å². The topological polar surface area (TPSA) is 18.5 Å². The molecule has 2 aromatic rings. The Morgan fingerprint density at radius 3 is 2.50 bits per heavy atom. The quantitative estimate of drug-likeness (QED) is 0.731. The minimum Gasteiger partial charge on any atom is -0.457 e. The molecule has 126 valence electrons. The van der Waals surface area contributed by atoms with Gasteiger partial charge in [0.1, 0.15) is 11.5 Å². The molecule has 0 N–H and O–H groups in total. The molecular formula is C20H23ClNO2+. The number of benzene rings is 2. The van der Waals surface area contributed by atoms with Gasteiger partial charge in [-0.05, 0) is 24.3 Å². The number of para-hydroxylation sites is 1. The van der Waals surface area contributed by atoms with E-state index in [1.807, 2.05) is 18.2 Å². The van der Waals surface area contributed by atoms with Gasteiger partial charge in [0.2, 0.25) is 0 Å². The Morgan fingerprint density at radius 2 is 1.75 bits per heavy atom. The number of nitrogens with zero attached hydrogens (tertiary/aromatic N) is 1. The lowest BCUT2D eigenvalue weighted by atomic mass is 9.84. The van der Waals surface area contributed by atoms with Gasteiger partial charge in [0.25, 0.3) is 0 Å². The first-order valence-electron chi connectivity index (χ1n) is 8.45. The van der Waals surface area contributed by atoms with Crippen LogP contribution >= 0.6 is 11.6 Å². The summed E-state index contributed by atoms with van der Waals surface area (Å²) in [6.45, 7) is 4.21. The average molecular weight is 345 g/mol. The van der Waals surface area contributed by atoms with Crippen molar-refractivity contribution in [2.75, 3.05) is 27.2 Å². The van der Waals surface area contributed by atoms with Gasteiger partial charge in [-0.15, -0.1) is 0 Å². The van der Waals surface area contributed by atoms with E-state index in [2.05, 4.69) is 38.2 Å². The summed E-state index contributed by atoms with van der Waals surface area (Å²) in [5.74, 6) is 2.68. The lowest BCUT2D eigenvalue weighted by Gasteiger charge is -2.35. The van der Waals surface area contributed by atoms with Crippen LogP contribution in [0.5, 0.6) is 11.5 Å². The average Bonchev–Trinajstić information content (AvgIpc) is 2.89. The van der Waals surface area contributed by atoms with Crippen molar-refractivity contribution in [2.24, 2.45) is 0 Å². The Balaban J connectivity index is 1.87. The van der Waals surface area contributed by atoms with Crippen LogP contribution in [0, 0.1) is 0 Å².